The molecule has 2 aromatic rings. The molecule has 3 rings (SSSR count). The second kappa shape index (κ2) is 8.62. The number of pyridine rings is 1. The summed E-state index contributed by atoms with van der Waals surface area (Å²) in [5.41, 5.74) is 0.646. The van der Waals surface area contributed by atoms with Crippen molar-refractivity contribution in [1.29, 1.82) is 5.26 Å². The number of ether oxygens (including phenoxy) is 1. The highest BCUT2D eigenvalue weighted by atomic mass is 32.2. The van der Waals surface area contributed by atoms with Crippen LogP contribution in [0.1, 0.15) is 24.8 Å². The smallest absolute Gasteiger partial charge is 0.248 e. The van der Waals surface area contributed by atoms with Crippen molar-refractivity contribution in [2.75, 3.05) is 12.9 Å². The summed E-state index contributed by atoms with van der Waals surface area (Å²) in [7, 11) is -3.54. The van der Waals surface area contributed by atoms with Crippen LogP contribution >= 0.6 is 0 Å². The van der Waals surface area contributed by atoms with Gasteiger partial charge in [0.05, 0.1) is 18.4 Å². The van der Waals surface area contributed by atoms with Gasteiger partial charge in [0.1, 0.15) is 17.5 Å². The molecule has 1 saturated carbocycles. The van der Waals surface area contributed by atoms with Crippen LogP contribution in [0.15, 0.2) is 36.5 Å². The van der Waals surface area contributed by atoms with Gasteiger partial charge >= 0.3 is 0 Å². The zero-order valence-electron chi connectivity index (χ0n) is 16.1. The minimum Gasteiger partial charge on any atom is -0.493 e. The third-order valence-electron chi connectivity index (χ3n) is 4.88. The minimum absolute atomic E-state index is 0.0245. The number of benzene rings is 1. The second-order valence-corrected chi connectivity index (χ2v) is 9.14. The number of hydrogen-bond acceptors (Lipinski definition) is 5. The van der Waals surface area contributed by atoms with Gasteiger partial charge in [0.15, 0.2) is 5.82 Å². The van der Waals surface area contributed by atoms with Crippen LogP contribution in [0.5, 0.6) is 5.75 Å². The van der Waals surface area contributed by atoms with Gasteiger partial charge in [-0.2, -0.15) is 5.26 Å². The first-order chi connectivity index (χ1) is 14.1. The Labute approximate surface area is 172 Å². The molecule has 10 heteroatoms. The molecule has 0 aliphatic heterocycles. The first kappa shape index (κ1) is 22.1. The fraction of sp³-hybridized carbons (Fsp3) is 0.400. The molecule has 1 aromatic carbocycles. The number of hydrogen-bond donors (Lipinski definition) is 1. The van der Waals surface area contributed by atoms with Crippen LogP contribution in [-0.4, -0.2) is 38.2 Å². The summed E-state index contributed by atoms with van der Waals surface area (Å²) in [6.45, 7) is -0.0917. The van der Waals surface area contributed by atoms with Gasteiger partial charge in [0.25, 0.3) is 0 Å². The zero-order chi connectivity index (χ0) is 21.9. The van der Waals surface area contributed by atoms with E-state index in [0.717, 1.165) is 12.3 Å². The lowest BCUT2D eigenvalue weighted by molar-refractivity contribution is -0.0660. The summed E-state index contributed by atoms with van der Waals surface area (Å²) < 4.78 is 72.8. The lowest BCUT2D eigenvalue weighted by atomic mass is 9.83. The molecule has 6 nitrogen and oxygen atoms in total. The Balaban J connectivity index is 1.69. The van der Waals surface area contributed by atoms with Crippen LogP contribution < -0.4 is 9.46 Å². The third-order valence-corrected chi connectivity index (χ3v) is 5.61. The Bertz CT molecular complexity index is 1050. The van der Waals surface area contributed by atoms with Gasteiger partial charge in [-0.25, -0.2) is 26.3 Å². The van der Waals surface area contributed by atoms with Gasteiger partial charge in [-0.05, 0) is 36.8 Å². The predicted octanol–water partition coefficient (Wildman–Crippen LogP) is 3.49. The summed E-state index contributed by atoms with van der Waals surface area (Å²) in [4.78, 5) is 3.94. The van der Waals surface area contributed by atoms with Crippen molar-refractivity contribution in [2.45, 2.75) is 31.2 Å². The van der Waals surface area contributed by atoms with E-state index in [4.69, 9.17) is 10.00 Å². The summed E-state index contributed by atoms with van der Waals surface area (Å²) in [6, 6.07) is 8.50. The van der Waals surface area contributed by atoms with E-state index < -0.39 is 40.1 Å². The van der Waals surface area contributed by atoms with E-state index in [2.05, 4.69) is 9.71 Å². The molecule has 1 aliphatic carbocycles. The molecule has 1 aliphatic rings. The number of nitrogens with zero attached hydrogens (tertiary/aromatic N) is 2. The number of alkyl halides is 2. The van der Waals surface area contributed by atoms with Crippen molar-refractivity contribution < 1.29 is 26.3 Å². The summed E-state index contributed by atoms with van der Waals surface area (Å²) in [5, 5.41) is 8.78. The molecule has 0 saturated heterocycles. The Hall–Kier alpha value is -2.64. The molecule has 2 atom stereocenters. The number of nitrogens with one attached hydrogen (secondary N) is 1. The van der Waals surface area contributed by atoms with Crippen LogP contribution in [0.2, 0.25) is 0 Å². The number of nitriles is 1. The van der Waals surface area contributed by atoms with Crippen molar-refractivity contribution in [2.24, 2.45) is 5.92 Å². The van der Waals surface area contributed by atoms with Crippen LogP contribution in [0.3, 0.4) is 0 Å². The second-order valence-electron chi connectivity index (χ2n) is 7.36. The van der Waals surface area contributed by atoms with E-state index in [-0.39, 0.29) is 30.7 Å². The third kappa shape index (κ3) is 5.70. The van der Waals surface area contributed by atoms with Gasteiger partial charge < -0.3 is 4.74 Å². The van der Waals surface area contributed by atoms with Crippen molar-refractivity contribution >= 4 is 10.0 Å². The highest BCUT2D eigenvalue weighted by molar-refractivity contribution is 7.88. The lowest BCUT2D eigenvalue weighted by Gasteiger charge is -2.35. The fourth-order valence-electron chi connectivity index (χ4n) is 3.46. The van der Waals surface area contributed by atoms with Crippen molar-refractivity contribution in [3.63, 3.8) is 0 Å². The molecular formula is C20H20F3N3O3S. The van der Waals surface area contributed by atoms with Crippen LogP contribution in [-0.2, 0) is 10.0 Å². The highest BCUT2D eigenvalue weighted by Gasteiger charge is 2.42. The minimum atomic E-state index is -3.54. The Morgan fingerprint density at radius 1 is 1.33 bits per heavy atom. The molecule has 1 fully saturated rings. The number of sulfonamides is 1. The largest absolute Gasteiger partial charge is 0.493 e. The van der Waals surface area contributed by atoms with Gasteiger partial charge in [-0.1, -0.05) is 0 Å². The molecule has 0 amide bonds. The van der Waals surface area contributed by atoms with Gasteiger partial charge in [-0.15, -0.1) is 0 Å². The molecule has 0 spiro atoms. The van der Waals surface area contributed by atoms with Gasteiger partial charge in [0, 0.05) is 36.6 Å². The first-order valence-electron chi connectivity index (χ1n) is 9.20. The molecule has 1 heterocycles. The molecule has 160 valence electrons. The highest BCUT2D eigenvalue weighted by Crippen LogP contribution is 2.37. The number of halogens is 3. The number of aromatic nitrogens is 1. The number of rotatable bonds is 6. The molecule has 1 aromatic heterocycles. The van der Waals surface area contributed by atoms with Gasteiger partial charge in [-0.3, -0.25) is 4.98 Å². The summed E-state index contributed by atoms with van der Waals surface area (Å²) in [6.07, 6.45) is 1.43. The molecule has 0 unspecified atom stereocenters. The van der Waals surface area contributed by atoms with E-state index in [1.807, 2.05) is 6.07 Å². The van der Waals surface area contributed by atoms with Crippen molar-refractivity contribution in [3.05, 3.63) is 47.9 Å². The molecule has 30 heavy (non-hydrogen) atoms. The molecular weight excluding hydrogens is 419 g/mol. The van der Waals surface area contributed by atoms with E-state index in [1.54, 1.807) is 24.3 Å². The van der Waals surface area contributed by atoms with Crippen LogP contribution in [0, 0.1) is 23.1 Å². The maximum absolute atomic E-state index is 14.1. The summed E-state index contributed by atoms with van der Waals surface area (Å²) >= 11 is 0. The SMILES string of the molecule is CS(=O)(=O)N[C@H]1CCC(F)(F)C[C@@H]1COc1ccc(-c2ncc(C#N)cc2F)cc1. The molecule has 0 bridgehead atoms. The Kier molecular flexibility index (Phi) is 6.33. The first-order valence-corrected chi connectivity index (χ1v) is 11.1. The molecule has 1 N–H and O–H groups in total. The maximum atomic E-state index is 14.1. The van der Waals surface area contributed by atoms with E-state index in [0.29, 0.717) is 11.3 Å². The quantitative estimate of drug-likeness (QED) is 0.744. The monoisotopic (exact) mass is 439 g/mol. The van der Waals surface area contributed by atoms with E-state index in [9.17, 15) is 21.6 Å². The van der Waals surface area contributed by atoms with Crippen LogP contribution in [0.4, 0.5) is 13.2 Å². The van der Waals surface area contributed by atoms with Crippen molar-refractivity contribution in [1.82, 2.24) is 9.71 Å². The zero-order valence-corrected chi connectivity index (χ0v) is 16.9. The van der Waals surface area contributed by atoms with Crippen molar-refractivity contribution in [3.8, 4) is 23.1 Å². The predicted molar refractivity (Wildman–Crippen MR) is 104 cm³/mol. The lowest BCUT2D eigenvalue weighted by Crippen LogP contribution is -2.48. The normalized spacial score (nSPS) is 21.0. The maximum Gasteiger partial charge on any atom is 0.248 e. The van der Waals surface area contributed by atoms with Gasteiger partial charge in [0.2, 0.25) is 15.9 Å². The topological polar surface area (TPSA) is 92.1 Å². The standard InChI is InChI=1S/C20H20F3N3O3S/c1-30(27,28)26-18-6-7-20(22,23)9-15(18)12-29-16-4-2-14(3-5-16)19-17(21)8-13(10-24)11-25-19/h2-5,8,11,15,18,26H,6-7,9,12H2,1H3/t15-,18+/m1/s1. The molecule has 0 radical (unpaired) electrons. The Morgan fingerprint density at radius 2 is 2.03 bits per heavy atom. The average molecular weight is 439 g/mol. The Morgan fingerprint density at radius 3 is 2.63 bits per heavy atom. The van der Waals surface area contributed by atoms with Crippen LogP contribution in [0.25, 0.3) is 11.3 Å². The fourth-order valence-corrected chi connectivity index (χ4v) is 4.32. The average Bonchev–Trinajstić information content (AvgIpc) is 2.67. The van der Waals surface area contributed by atoms with E-state index in [1.165, 1.54) is 6.20 Å². The van der Waals surface area contributed by atoms with E-state index >= 15 is 0 Å². The summed E-state index contributed by atoms with van der Waals surface area (Å²) in [5.74, 6) is -3.82.